The van der Waals surface area contributed by atoms with Crippen molar-refractivity contribution in [2.75, 3.05) is 25.1 Å². The van der Waals surface area contributed by atoms with Gasteiger partial charge in [0.15, 0.2) is 0 Å². The molecular formula is C27H32N4O3. The van der Waals surface area contributed by atoms with Crippen molar-refractivity contribution in [3.05, 3.63) is 53.3 Å². The molecular weight excluding hydrogens is 428 g/mol. The van der Waals surface area contributed by atoms with Crippen LogP contribution >= 0.6 is 0 Å². The summed E-state index contributed by atoms with van der Waals surface area (Å²) in [7, 11) is 1.70. The van der Waals surface area contributed by atoms with Gasteiger partial charge in [0.25, 0.3) is 0 Å². The third kappa shape index (κ3) is 3.36. The van der Waals surface area contributed by atoms with E-state index in [1.807, 2.05) is 25.1 Å². The molecule has 2 fully saturated rings. The first kappa shape index (κ1) is 21.5. The van der Waals surface area contributed by atoms with Crippen LogP contribution in [-0.2, 0) is 19.3 Å². The highest BCUT2D eigenvalue weighted by Crippen LogP contribution is 2.52. The normalized spacial score (nSPS) is 21.2. The van der Waals surface area contributed by atoms with E-state index in [-0.39, 0.29) is 6.04 Å². The second kappa shape index (κ2) is 8.01. The van der Waals surface area contributed by atoms with Gasteiger partial charge in [-0.15, -0.1) is 0 Å². The van der Waals surface area contributed by atoms with Crippen molar-refractivity contribution in [3.8, 4) is 5.75 Å². The molecule has 0 radical (unpaired) electrons. The van der Waals surface area contributed by atoms with Gasteiger partial charge in [0.05, 0.1) is 23.8 Å². The Morgan fingerprint density at radius 1 is 1.24 bits per heavy atom. The maximum atomic E-state index is 12.0. The lowest BCUT2D eigenvalue weighted by molar-refractivity contribution is 0.00810. The summed E-state index contributed by atoms with van der Waals surface area (Å²) in [5, 5.41) is 13.3. The van der Waals surface area contributed by atoms with Gasteiger partial charge in [0, 0.05) is 37.2 Å². The number of imidazole rings is 1. The first-order valence-corrected chi connectivity index (χ1v) is 12.4. The molecule has 7 heteroatoms. The number of nitrogens with one attached hydrogen (secondary N) is 1. The fraction of sp³-hybridized carbons (Fsp3) is 0.481. The number of aromatic nitrogens is 2. The highest BCUT2D eigenvalue weighted by molar-refractivity contribution is 5.94. The van der Waals surface area contributed by atoms with E-state index < -0.39 is 6.09 Å². The van der Waals surface area contributed by atoms with E-state index in [9.17, 15) is 9.90 Å². The monoisotopic (exact) mass is 460 g/mol. The van der Waals surface area contributed by atoms with E-state index in [1.54, 1.807) is 7.11 Å². The minimum Gasteiger partial charge on any atom is -0.497 e. The molecule has 178 valence electrons. The summed E-state index contributed by atoms with van der Waals surface area (Å²) < 4.78 is 7.88. The zero-order chi connectivity index (χ0) is 23.4. The van der Waals surface area contributed by atoms with Crippen LogP contribution in [0.3, 0.4) is 0 Å². The highest BCUT2D eigenvalue weighted by atomic mass is 16.5. The van der Waals surface area contributed by atoms with Gasteiger partial charge in [-0.3, -0.25) is 4.90 Å². The van der Waals surface area contributed by atoms with Crippen LogP contribution in [0.5, 0.6) is 5.75 Å². The fourth-order valence-corrected chi connectivity index (χ4v) is 6.30. The molecule has 1 atom stereocenters. The van der Waals surface area contributed by atoms with E-state index in [0.29, 0.717) is 11.5 Å². The second-order valence-electron chi connectivity index (χ2n) is 10.4. The Labute approximate surface area is 199 Å². The Morgan fingerprint density at radius 2 is 2.06 bits per heavy atom. The lowest BCUT2D eigenvalue weighted by Crippen LogP contribution is -2.60. The molecule has 0 bridgehead atoms. The summed E-state index contributed by atoms with van der Waals surface area (Å²) in [6.07, 6.45) is 4.91. The number of carbonyl (C=O) groups is 1. The summed E-state index contributed by atoms with van der Waals surface area (Å²) in [6, 6.07) is 12.8. The van der Waals surface area contributed by atoms with Gasteiger partial charge < -0.3 is 19.7 Å². The van der Waals surface area contributed by atoms with Gasteiger partial charge in [-0.1, -0.05) is 12.1 Å². The van der Waals surface area contributed by atoms with E-state index >= 15 is 0 Å². The Balaban J connectivity index is 1.39. The first-order valence-electron chi connectivity index (χ1n) is 12.4. The third-order valence-electron chi connectivity index (χ3n) is 8.21. The number of hydrogen-bond acceptors (Lipinski definition) is 4. The van der Waals surface area contributed by atoms with Crippen LogP contribution in [0.2, 0.25) is 0 Å². The molecule has 1 aliphatic carbocycles. The van der Waals surface area contributed by atoms with Gasteiger partial charge in [0.1, 0.15) is 11.6 Å². The van der Waals surface area contributed by atoms with Crippen LogP contribution in [0.1, 0.15) is 49.2 Å². The number of hydrogen-bond donors (Lipinski definition) is 2. The molecule has 34 heavy (non-hydrogen) atoms. The average Bonchev–Trinajstić information content (AvgIpc) is 3.14. The SMILES string of the molecule is COc1cccc(CCc2nc3c4c(ccc3n2C2CC3(CNC3)C2)N(C(=O)O)[C@@H](C)CC4)c1. The maximum absolute atomic E-state index is 12.0. The topological polar surface area (TPSA) is 79.6 Å². The summed E-state index contributed by atoms with van der Waals surface area (Å²) in [6.45, 7) is 4.23. The van der Waals surface area contributed by atoms with Gasteiger partial charge in [-0.25, -0.2) is 9.78 Å². The molecule has 3 aliphatic rings. The van der Waals surface area contributed by atoms with Crippen LogP contribution in [0, 0.1) is 5.41 Å². The molecule has 3 heterocycles. The van der Waals surface area contributed by atoms with Crippen molar-refractivity contribution >= 4 is 22.8 Å². The van der Waals surface area contributed by atoms with Crippen LogP contribution in [0.15, 0.2) is 36.4 Å². The molecule has 1 saturated carbocycles. The number of ether oxygens (including phenoxy) is 1. The molecule has 2 N–H and O–H groups in total. The number of rotatable bonds is 5. The Bertz CT molecular complexity index is 1250. The van der Waals surface area contributed by atoms with Crippen LogP contribution in [-0.4, -0.2) is 47.0 Å². The van der Waals surface area contributed by atoms with Crippen molar-refractivity contribution in [1.29, 1.82) is 0 Å². The molecule has 1 spiro atoms. The first-order chi connectivity index (χ1) is 16.5. The Kier molecular flexibility index (Phi) is 5.06. The molecule has 7 nitrogen and oxygen atoms in total. The van der Waals surface area contributed by atoms with Crippen molar-refractivity contribution in [1.82, 2.24) is 14.9 Å². The molecule has 6 rings (SSSR count). The third-order valence-corrected chi connectivity index (χ3v) is 8.21. The predicted octanol–water partition coefficient (Wildman–Crippen LogP) is 4.57. The molecule has 1 amide bonds. The minimum atomic E-state index is -0.885. The lowest BCUT2D eigenvalue weighted by atomic mass is 9.61. The van der Waals surface area contributed by atoms with E-state index in [4.69, 9.17) is 9.72 Å². The summed E-state index contributed by atoms with van der Waals surface area (Å²) in [5.41, 5.74) is 5.74. The quantitative estimate of drug-likeness (QED) is 0.583. The number of methoxy groups -OCH3 is 1. The predicted molar refractivity (Wildman–Crippen MR) is 132 cm³/mol. The van der Waals surface area contributed by atoms with Crippen molar-refractivity contribution in [3.63, 3.8) is 0 Å². The van der Waals surface area contributed by atoms with Crippen molar-refractivity contribution < 1.29 is 14.6 Å². The zero-order valence-corrected chi connectivity index (χ0v) is 19.9. The number of anilines is 1. The van der Waals surface area contributed by atoms with Crippen molar-refractivity contribution in [2.24, 2.45) is 5.41 Å². The van der Waals surface area contributed by atoms with E-state index in [0.717, 1.165) is 72.6 Å². The molecule has 0 unspecified atom stereocenters. The smallest absolute Gasteiger partial charge is 0.412 e. The zero-order valence-electron chi connectivity index (χ0n) is 19.9. The summed E-state index contributed by atoms with van der Waals surface area (Å²) in [4.78, 5) is 18.7. The molecule has 3 aromatic rings. The number of benzene rings is 2. The summed E-state index contributed by atoms with van der Waals surface area (Å²) >= 11 is 0. The molecule has 1 saturated heterocycles. The number of aryl methyl sites for hydroxylation is 3. The van der Waals surface area contributed by atoms with Gasteiger partial charge in [-0.2, -0.15) is 0 Å². The van der Waals surface area contributed by atoms with Crippen LogP contribution in [0.25, 0.3) is 11.0 Å². The fourth-order valence-electron chi connectivity index (χ4n) is 6.30. The number of amides is 1. The van der Waals surface area contributed by atoms with Crippen LogP contribution in [0.4, 0.5) is 10.5 Å². The minimum absolute atomic E-state index is 0.0188. The molecule has 1 aromatic heterocycles. The molecule has 2 aliphatic heterocycles. The number of fused-ring (bicyclic) bond motifs is 3. The van der Waals surface area contributed by atoms with Crippen LogP contribution < -0.4 is 15.0 Å². The van der Waals surface area contributed by atoms with E-state index in [1.165, 1.54) is 23.3 Å². The Hall–Kier alpha value is -3.06. The van der Waals surface area contributed by atoms with Gasteiger partial charge in [-0.05, 0) is 74.3 Å². The number of carboxylic acid groups (broad SMARTS) is 1. The average molecular weight is 461 g/mol. The largest absolute Gasteiger partial charge is 0.497 e. The summed E-state index contributed by atoms with van der Waals surface area (Å²) in [5.74, 6) is 1.99. The molecule has 2 aromatic carbocycles. The maximum Gasteiger partial charge on any atom is 0.412 e. The Morgan fingerprint density at radius 3 is 2.76 bits per heavy atom. The second-order valence-corrected chi connectivity index (χ2v) is 10.4. The van der Waals surface area contributed by atoms with Gasteiger partial charge in [0.2, 0.25) is 0 Å². The number of nitrogens with zero attached hydrogens (tertiary/aromatic N) is 3. The standard InChI is InChI=1S/C27H32N4O3/c1-17-6-8-21-22(30(17)26(32)33)9-10-23-25(21)29-24(11-7-18-4-3-5-20(12-18)34-2)31(23)19-13-27(14-19)15-28-16-27/h3-5,9-10,12,17,19,28H,6-8,11,13-16H2,1-2H3,(H,32,33)/t17-/m0/s1. The highest BCUT2D eigenvalue weighted by Gasteiger charge is 2.49. The van der Waals surface area contributed by atoms with E-state index in [2.05, 4.69) is 28.1 Å². The lowest BCUT2D eigenvalue weighted by Gasteiger charge is -2.55. The van der Waals surface area contributed by atoms with Gasteiger partial charge >= 0.3 is 6.09 Å². The van der Waals surface area contributed by atoms with Crippen molar-refractivity contribution in [2.45, 2.75) is 57.5 Å².